The summed E-state index contributed by atoms with van der Waals surface area (Å²) in [5, 5.41) is 5.99. The number of rotatable bonds is 5. The van der Waals surface area contributed by atoms with E-state index in [0.29, 0.717) is 12.1 Å². The Kier molecular flexibility index (Phi) is 4.61. The Morgan fingerprint density at radius 3 is 2.35 bits per heavy atom. The van der Waals surface area contributed by atoms with E-state index in [2.05, 4.69) is 69.2 Å². The van der Waals surface area contributed by atoms with Gasteiger partial charge < -0.3 is 10.2 Å². The molecule has 0 aliphatic rings. The van der Waals surface area contributed by atoms with Crippen LogP contribution in [0.15, 0.2) is 30.5 Å². The number of benzene rings is 1. The molecule has 2 rings (SSSR count). The van der Waals surface area contributed by atoms with Crippen LogP contribution in [-0.2, 0) is 6.54 Å². The van der Waals surface area contributed by atoms with Crippen molar-refractivity contribution >= 4 is 16.6 Å². The Morgan fingerprint density at radius 1 is 1.10 bits per heavy atom. The predicted octanol–water partition coefficient (Wildman–Crippen LogP) is 3.58. The van der Waals surface area contributed by atoms with Gasteiger partial charge in [0.1, 0.15) is 5.82 Å². The fraction of sp³-hybridized carbons (Fsp3) is 0.471. The Bertz CT molecular complexity index is 575. The molecule has 0 saturated heterocycles. The Labute approximate surface area is 122 Å². The summed E-state index contributed by atoms with van der Waals surface area (Å²) in [4.78, 5) is 6.92. The lowest BCUT2D eigenvalue weighted by molar-refractivity contribution is 0.590. The van der Waals surface area contributed by atoms with Crippen LogP contribution in [0.1, 0.15) is 33.3 Å². The SMILES string of the molecule is CC(C)NCc1cnc(N(C)C(C)C)c2ccccc12. The molecule has 0 bridgehead atoms. The van der Waals surface area contributed by atoms with Gasteiger partial charge in [-0.1, -0.05) is 38.1 Å². The summed E-state index contributed by atoms with van der Waals surface area (Å²) >= 11 is 0. The number of hydrogen-bond acceptors (Lipinski definition) is 3. The van der Waals surface area contributed by atoms with Gasteiger partial charge in [-0.15, -0.1) is 0 Å². The zero-order valence-electron chi connectivity index (χ0n) is 13.1. The van der Waals surface area contributed by atoms with E-state index in [4.69, 9.17) is 4.98 Å². The monoisotopic (exact) mass is 271 g/mol. The molecule has 108 valence electrons. The normalized spacial score (nSPS) is 11.6. The third-order valence-electron chi connectivity index (χ3n) is 3.67. The van der Waals surface area contributed by atoms with E-state index in [0.717, 1.165) is 12.4 Å². The van der Waals surface area contributed by atoms with Crippen LogP contribution in [0.5, 0.6) is 0 Å². The minimum absolute atomic E-state index is 0.436. The maximum atomic E-state index is 4.69. The standard InChI is InChI=1S/C17H25N3/c1-12(2)18-10-14-11-19-17(20(5)13(3)4)16-9-7-6-8-15(14)16/h6-9,11-13,18H,10H2,1-5H3. The lowest BCUT2D eigenvalue weighted by atomic mass is 10.1. The topological polar surface area (TPSA) is 28.2 Å². The zero-order chi connectivity index (χ0) is 14.7. The molecule has 3 heteroatoms. The maximum Gasteiger partial charge on any atom is 0.136 e. The first-order valence-corrected chi connectivity index (χ1v) is 7.33. The minimum Gasteiger partial charge on any atom is -0.357 e. The van der Waals surface area contributed by atoms with Crippen LogP contribution < -0.4 is 10.2 Å². The predicted molar refractivity (Wildman–Crippen MR) is 87.3 cm³/mol. The van der Waals surface area contributed by atoms with Crippen LogP contribution in [0.4, 0.5) is 5.82 Å². The van der Waals surface area contributed by atoms with Gasteiger partial charge in [0.05, 0.1) is 0 Å². The smallest absolute Gasteiger partial charge is 0.136 e. The Balaban J connectivity index is 2.47. The van der Waals surface area contributed by atoms with Gasteiger partial charge in [0.15, 0.2) is 0 Å². The summed E-state index contributed by atoms with van der Waals surface area (Å²) in [5.74, 6) is 1.06. The van der Waals surface area contributed by atoms with Crippen molar-refractivity contribution in [2.24, 2.45) is 0 Å². The molecule has 20 heavy (non-hydrogen) atoms. The summed E-state index contributed by atoms with van der Waals surface area (Å²) in [6.45, 7) is 9.55. The molecule has 0 aliphatic heterocycles. The van der Waals surface area contributed by atoms with Gasteiger partial charge in [0.2, 0.25) is 0 Å². The molecular weight excluding hydrogens is 246 g/mol. The van der Waals surface area contributed by atoms with Crippen molar-refractivity contribution in [3.63, 3.8) is 0 Å². The number of pyridine rings is 1. The molecule has 3 nitrogen and oxygen atoms in total. The molecule has 1 aromatic heterocycles. The fourth-order valence-electron chi connectivity index (χ4n) is 2.22. The zero-order valence-corrected chi connectivity index (χ0v) is 13.1. The highest BCUT2D eigenvalue weighted by atomic mass is 15.2. The summed E-state index contributed by atoms with van der Waals surface area (Å²) in [7, 11) is 2.10. The first kappa shape index (κ1) is 14.8. The number of anilines is 1. The Hall–Kier alpha value is -1.61. The van der Waals surface area contributed by atoms with Crippen LogP contribution in [-0.4, -0.2) is 24.1 Å². The van der Waals surface area contributed by atoms with Crippen LogP contribution in [0.25, 0.3) is 10.8 Å². The summed E-state index contributed by atoms with van der Waals surface area (Å²) in [5.41, 5.74) is 1.26. The molecule has 1 N–H and O–H groups in total. The molecular formula is C17H25N3. The molecule has 0 saturated carbocycles. The van der Waals surface area contributed by atoms with Crippen LogP contribution in [0, 0.1) is 0 Å². The molecule has 2 aromatic rings. The average molecular weight is 271 g/mol. The van der Waals surface area contributed by atoms with Gasteiger partial charge in [-0.2, -0.15) is 0 Å². The Morgan fingerprint density at radius 2 is 1.75 bits per heavy atom. The van der Waals surface area contributed by atoms with Crippen molar-refractivity contribution in [2.75, 3.05) is 11.9 Å². The van der Waals surface area contributed by atoms with E-state index in [9.17, 15) is 0 Å². The first-order valence-electron chi connectivity index (χ1n) is 7.33. The second-order valence-corrected chi connectivity index (χ2v) is 5.89. The second kappa shape index (κ2) is 6.23. The largest absolute Gasteiger partial charge is 0.357 e. The summed E-state index contributed by atoms with van der Waals surface area (Å²) in [6.07, 6.45) is 2.01. The number of hydrogen-bond donors (Lipinski definition) is 1. The van der Waals surface area contributed by atoms with E-state index >= 15 is 0 Å². The highest BCUT2D eigenvalue weighted by molar-refractivity contribution is 5.94. The van der Waals surface area contributed by atoms with Crippen molar-refractivity contribution in [1.82, 2.24) is 10.3 Å². The molecule has 0 spiro atoms. The number of nitrogens with one attached hydrogen (secondary N) is 1. The molecule has 1 aromatic carbocycles. The van der Waals surface area contributed by atoms with E-state index in [1.807, 2.05) is 6.20 Å². The molecule has 0 unspecified atom stereocenters. The van der Waals surface area contributed by atoms with Crippen molar-refractivity contribution in [3.05, 3.63) is 36.0 Å². The van der Waals surface area contributed by atoms with Crippen molar-refractivity contribution in [3.8, 4) is 0 Å². The van der Waals surface area contributed by atoms with E-state index < -0.39 is 0 Å². The number of nitrogens with zero attached hydrogens (tertiary/aromatic N) is 2. The molecule has 0 radical (unpaired) electrons. The second-order valence-electron chi connectivity index (χ2n) is 5.89. The van der Waals surface area contributed by atoms with Crippen LogP contribution in [0.3, 0.4) is 0 Å². The highest BCUT2D eigenvalue weighted by Gasteiger charge is 2.12. The highest BCUT2D eigenvalue weighted by Crippen LogP contribution is 2.27. The van der Waals surface area contributed by atoms with Gasteiger partial charge >= 0.3 is 0 Å². The van der Waals surface area contributed by atoms with Crippen LogP contribution in [0.2, 0.25) is 0 Å². The summed E-state index contributed by atoms with van der Waals surface area (Å²) < 4.78 is 0. The van der Waals surface area contributed by atoms with Crippen molar-refractivity contribution < 1.29 is 0 Å². The summed E-state index contributed by atoms with van der Waals surface area (Å²) in [6, 6.07) is 9.45. The maximum absolute atomic E-state index is 4.69. The molecule has 0 aliphatic carbocycles. The van der Waals surface area contributed by atoms with Gasteiger partial charge in [-0.25, -0.2) is 4.98 Å². The fourth-order valence-corrected chi connectivity index (χ4v) is 2.22. The molecule has 0 amide bonds. The van der Waals surface area contributed by atoms with Gasteiger partial charge in [0, 0.05) is 37.3 Å². The van der Waals surface area contributed by atoms with E-state index in [1.165, 1.54) is 16.3 Å². The third-order valence-corrected chi connectivity index (χ3v) is 3.67. The van der Waals surface area contributed by atoms with E-state index in [1.54, 1.807) is 0 Å². The van der Waals surface area contributed by atoms with Gasteiger partial charge in [0.25, 0.3) is 0 Å². The van der Waals surface area contributed by atoms with Crippen molar-refractivity contribution in [2.45, 2.75) is 46.3 Å². The number of fused-ring (bicyclic) bond motifs is 1. The van der Waals surface area contributed by atoms with E-state index in [-0.39, 0.29) is 0 Å². The van der Waals surface area contributed by atoms with Gasteiger partial charge in [-0.05, 0) is 24.8 Å². The quantitative estimate of drug-likeness (QED) is 0.901. The first-order chi connectivity index (χ1) is 9.50. The van der Waals surface area contributed by atoms with Gasteiger partial charge in [-0.3, -0.25) is 0 Å². The minimum atomic E-state index is 0.436. The molecule has 0 fully saturated rings. The lowest BCUT2D eigenvalue weighted by Crippen LogP contribution is -2.27. The average Bonchev–Trinajstić information content (AvgIpc) is 2.43. The van der Waals surface area contributed by atoms with Crippen molar-refractivity contribution in [1.29, 1.82) is 0 Å². The molecule has 0 atom stereocenters. The molecule has 1 heterocycles. The number of aromatic nitrogens is 1. The third kappa shape index (κ3) is 3.10. The lowest BCUT2D eigenvalue weighted by Gasteiger charge is -2.24. The van der Waals surface area contributed by atoms with Crippen LogP contribution >= 0.6 is 0 Å².